The molecule has 0 bridgehead atoms. The summed E-state index contributed by atoms with van der Waals surface area (Å²) in [6.07, 6.45) is 3.76. The Balaban J connectivity index is 1.58. The highest BCUT2D eigenvalue weighted by Gasteiger charge is 2.23. The number of thiazole rings is 1. The lowest BCUT2D eigenvalue weighted by Gasteiger charge is -2.32. The average Bonchev–Trinajstić information content (AvgIpc) is 2.96. The quantitative estimate of drug-likeness (QED) is 0.690. The molecule has 2 aromatic carbocycles. The van der Waals surface area contributed by atoms with E-state index in [1.165, 1.54) is 40.1 Å². The molecular weight excluding hydrogens is 288 g/mol. The van der Waals surface area contributed by atoms with Crippen LogP contribution in [0.25, 0.3) is 10.2 Å². The fraction of sp³-hybridized carbons (Fsp3) is 0.316. The zero-order valence-electron chi connectivity index (χ0n) is 12.8. The number of hydrogen-bond acceptors (Lipinski definition) is 3. The Kier molecular flexibility index (Phi) is 3.68. The van der Waals surface area contributed by atoms with Gasteiger partial charge in [-0.3, -0.25) is 4.90 Å². The van der Waals surface area contributed by atoms with Crippen LogP contribution in [0, 0.1) is 0 Å². The maximum Gasteiger partial charge on any atom is 0.108 e. The van der Waals surface area contributed by atoms with Crippen molar-refractivity contribution < 1.29 is 0 Å². The van der Waals surface area contributed by atoms with Crippen LogP contribution in [0.15, 0.2) is 48.5 Å². The van der Waals surface area contributed by atoms with E-state index in [0.717, 1.165) is 12.1 Å². The van der Waals surface area contributed by atoms with E-state index in [2.05, 4.69) is 60.5 Å². The molecule has 4 rings (SSSR count). The van der Waals surface area contributed by atoms with Gasteiger partial charge in [-0.25, -0.2) is 4.98 Å². The van der Waals surface area contributed by atoms with Crippen molar-refractivity contribution in [3.63, 3.8) is 0 Å². The smallest absolute Gasteiger partial charge is 0.108 e. The molecule has 0 saturated carbocycles. The van der Waals surface area contributed by atoms with Gasteiger partial charge in [0.1, 0.15) is 5.01 Å². The van der Waals surface area contributed by atoms with Gasteiger partial charge in [0.25, 0.3) is 0 Å². The van der Waals surface area contributed by atoms with Crippen LogP contribution < -0.4 is 0 Å². The largest absolute Gasteiger partial charge is 0.293 e. The van der Waals surface area contributed by atoms with Crippen LogP contribution in [0.5, 0.6) is 0 Å². The van der Waals surface area contributed by atoms with Crippen LogP contribution in [0.2, 0.25) is 0 Å². The van der Waals surface area contributed by atoms with Gasteiger partial charge in [0.2, 0.25) is 0 Å². The zero-order valence-corrected chi connectivity index (χ0v) is 13.6. The number of benzene rings is 2. The lowest BCUT2D eigenvalue weighted by atomic mass is 9.87. The van der Waals surface area contributed by atoms with Gasteiger partial charge >= 0.3 is 0 Å². The summed E-state index contributed by atoms with van der Waals surface area (Å²) in [4.78, 5) is 7.25. The van der Waals surface area contributed by atoms with Crippen LogP contribution in [-0.4, -0.2) is 16.9 Å². The predicted octanol–water partition coefficient (Wildman–Crippen LogP) is 4.81. The fourth-order valence-electron chi connectivity index (χ4n) is 3.50. The van der Waals surface area contributed by atoms with Crippen LogP contribution >= 0.6 is 11.3 Å². The summed E-state index contributed by atoms with van der Waals surface area (Å²) in [6, 6.07) is 17.9. The van der Waals surface area contributed by atoms with Gasteiger partial charge in [-0.15, -0.1) is 11.3 Å². The van der Waals surface area contributed by atoms with E-state index in [4.69, 9.17) is 4.98 Å². The van der Waals surface area contributed by atoms with Gasteiger partial charge in [0.05, 0.1) is 16.8 Å². The molecule has 0 amide bonds. The van der Waals surface area contributed by atoms with Gasteiger partial charge in [-0.2, -0.15) is 0 Å². The highest BCUT2D eigenvalue weighted by molar-refractivity contribution is 7.18. The number of aromatic nitrogens is 1. The first-order valence-corrected chi connectivity index (χ1v) is 8.75. The Labute approximate surface area is 135 Å². The molecule has 112 valence electrons. The van der Waals surface area contributed by atoms with Crippen LogP contribution in [0.4, 0.5) is 0 Å². The van der Waals surface area contributed by atoms with Crippen molar-refractivity contribution in [2.75, 3.05) is 7.05 Å². The average molecular weight is 308 g/mol. The molecule has 1 unspecified atom stereocenters. The van der Waals surface area contributed by atoms with Gasteiger partial charge in [0, 0.05) is 6.04 Å². The Morgan fingerprint density at radius 3 is 2.86 bits per heavy atom. The van der Waals surface area contributed by atoms with Crippen molar-refractivity contribution in [1.29, 1.82) is 0 Å². The first-order valence-electron chi connectivity index (χ1n) is 7.94. The van der Waals surface area contributed by atoms with Crippen molar-refractivity contribution in [2.24, 2.45) is 0 Å². The van der Waals surface area contributed by atoms with E-state index in [0.29, 0.717) is 6.04 Å². The molecule has 1 aromatic heterocycles. The summed E-state index contributed by atoms with van der Waals surface area (Å²) in [6.45, 7) is 0.929. The minimum atomic E-state index is 0.525. The van der Waals surface area contributed by atoms with Gasteiger partial charge in [-0.05, 0) is 49.6 Å². The van der Waals surface area contributed by atoms with E-state index < -0.39 is 0 Å². The van der Waals surface area contributed by atoms with E-state index >= 15 is 0 Å². The SMILES string of the molecule is CN(Cc1nc2ccccc2s1)C1CCCc2ccccc21. The van der Waals surface area contributed by atoms with Crippen LogP contribution in [-0.2, 0) is 13.0 Å². The summed E-state index contributed by atoms with van der Waals surface area (Å²) in [5.41, 5.74) is 4.16. The predicted molar refractivity (Wildman–Crippen MR) is 93.2 cm³/mol. The fourth-order valence-corrected chi connectivity index (χ4v) is 4.53. The molecule has 1 heterocycles. The standard InChI is InChI=1S/C19H20N2S/c1-21(13-19-20-16-10-4-5-12-18(16)22-19)17-11-6-8-14-7-2-3-9-15(14)17/h2-5,7,9-10,12,17H,6,8,11,13H2,1H3. The summed E-state index contributed by atoms with van der Waals surface area (Å²) in [5, 5.41) is 1.21. The van der Waals surface area contributed by atoms with Gasteiger partial charge < -0.3 is 0 Å². The maximum absolute atomic E-state index is 4.78. The molecule has 0 fully saturated rings. The summed E-state index contributed by atoms with van der Waals surface area (Å²) in [5.74, 6) is 0. The number of rotatable bonds is 3. The minimum absolute atomic E-state index is 0.525. The summed E-state index contributed by atoms with van der Waals surface area (Å²) < 4.78 is 1.29. The van der Waals surface area contributed by atoms with E-state index in [-0.39, 0.29) is 0 Å². The maximum atomic E-state index is 4.78. The second kappa shape index (κ2) is 5.82. The first-order chi connectivity index (χ1) is 10.8. The number of fused-ring (bicyclic) bond motifs is 2. The number of para-hydroxylation sites is 1. The normalized spacial score (nSPS) is 17.8. The molecule has 3 aromatic rings. The first kappa shape index (κ1) is 13.9. The van der Waals surface area contributed by atoms with Gasteiger partial charge in [-0.1, -0.05) is 36.4 Å². The highest BCUT2D eigenvalue weighted by atomic mass is 32.1. The van der Waals surface area contributed by atoms with Crippen molar-refractivity contribution in [3.05, 3.63) is 64.7 Å². The minimum Gasteiger partial charge on any atom is -0.293 e. The highest BCUT2D eigenvalue weighted by Crippen LogP contribution is 2.34. The molecule has 0 radical (unpaired) electrons. The van der Waals surface area contributed by atoms with Crippen LogP contribution in [0.3, 0.4) is 0 Å². The molecular formula is C19H20N2S. The monoisotopic (exact) mass is 308 g/mol. The van der Waals surface area contributed by atoms with Crippen molar-refractivity contribution in [3.8, 4) is 0 Å². The lowest BCUT2D eigenvalue weighted by molar-refractivity contribution is 0.213. The Bertz CT molecular complexity index is 760. The molecule has 22 heavy (non-hydrogen) atoms. The number of aryl methyl sites for hydroxylation is 1. The molecule has 0 saturated heterocycles. The van der Waals surface area contributed by atoms with Crippen molar-refractivity contribution >= 4 is 21.6 Å². The Hall–Kier alpha value is -1.71. The third kappa shape index (κ3) is 2.55. The Morgan fingerprint density at radius 1 is 1.14 bits per heavy atom. The summed E-state index contributed by atoms with van der Waals surface area (Å²) >= 11 is 1.82. The molecule has 1 aliphatic rings. The molecule has 0 aliphatic heterocycles. The molecule has 1 aliphatic carbocycles. The van der Waals surface area contributed by atoms with Crippen molar-refractivity contribution in [1.82, 2.24) is 9.88 Å². The van der Waals surface area contributed by atoms with E-state index in [1.54, 1.807) is 0 Å². The number of nitrogens with zero attached hydrogens (tertiary/aromatic N) is 2. The van der Waals surface area contributed by atoms with E-state index in [9.17, 15) is 0 Å². The lowest BCUT2D eigenvalue weighted by Crippen LogP contribution is -2.27. The third-order valence-corrected chi connectivity index (χ3v) is 5.61. The second-order valence-corrected chi connectivity index (χ2v) is 7.21. The zero-order chi connectivity index (χ0) is 14.9. The third-order valence-electron chi connectivity index (χ3n) is 4.59. The molecule has 0 spiro atoms. The van der Waals surface area contributed by atoms with Crippen LogP contribution in [0.1, 0.15) is 35.0 Å². The second-order valence-electron chi connectivity index (χ2n) is 6.10. The molecule has 2 nitrogen and oxygen atoms in total. The Morgan fingerprint density at radius 2 is 1.95 bits per heavy atom. The van der Waals surface area contributed by atoms with Crippen molar-refractivity contribution in [2.45, 2.75) is 31.8 Å². The number of hydrogen-bond donors (Lipinski definition) is 0. The molecule has 0 N–H and O–H groups in total. The van der Waals surface area contributed by atoms with Gasteiger partial charge in [0.15, 0.2) is 0 Å². The summed E-state index contributed by atoms with van der Waals surface area (Å²) in [7, 11) is 2.23. The van der Waals surface area contributed by atoms with E-state index in [1.807, 2.05) is 11.3 Å². The molecule has 3 heteroatoms. The molecule has 1 atom stereocenters. The topological polar surface area (TPSA) is 16.1 Å².